The van der Waals surface area contributed by atoms with Crippen LogP contribution in [0, 0.1) is 0 Å². The van der Waals surface area contributed by atoms with Gasteiger partial charge >= 0.3 is 6.09 Å². The van der Waals surface area contributed by atoms with Crippen molar-refractivity contribution >= 4 is 24.8 Å². The fraction of sp³-hybridized carbons (Fsp3) is 0.464. The molecule has 0 heterocycles. The maximum Gasteiger partial charge on any atom is 0.407 e. The molecule has 0 unspecified atom stereocenters. The van der Waals surface area contributed by atoms with Crippen molar-refractivity contribution in [2.75, 3.05) is 6.54 Å². The van der Waals surface area contributed by atoms with E-state index in [-0.39, 0.29) is 11.1 Å². The Morgan fingerprint density at radius 2 is 1.42 bits per heavy atom. The average molecular weight is 468 g/mol. The van der Waals surface area contributed by atoms with Crippen molar-refractivity contribution in [3.05, 3.63) is 72.8 Å². The van der Waals surface area contributed by atoms with Crippen LogP contribution in [-0.2, 0) is 9.16 Å². The first-order chi connectivity index (χ1) is 15.5. The van der Waals surface area contributed by atoms with Gasteiger partial charge in [-0.05, 0) is 49.0 Å². The van der Waals surface area contributed by atoms with Crippen LogP contribution in [-0.4, -0.2) is 32.7 Å². The van der Waals surface area contributed by atoms with Crippen molar-refractivity contribution in [2.24, 2.45) is 0 Å². The molecule has 1 amide bonds. The lowest BCUT2D eigenvalue weighted by atomic mass is 10.2. The number of nitrogens with one attached hydrogen (secondary N) is 1. The molecule has 0 saturated heterocycles. The minimum absolute atomic E-state index is 0.131. The maximum atomic E-state index is 12.4. The molecule has 0 saturated carbocycles. The van der Waals surface area contributed by atoms with Gasteiger partial charge < -0.3 is 14.5 Å². The highest BCUT2D eigenvalue weighted by Crippen LogP contribution is 2.37. The number of ether oxygens (including phenoxy) is 1. The lowest BCUT2D eigenvalue weighted by molar-refractivity contribution is 0.0498. The van der Waals surface area contributed by atoms with E-state index >= 15 is 0 Å². The molecule has 0 aliphatic heterocycles. The first kappa shape index (κ1) is 26.9. The summed E-state index contributed by atoms with van der Waals surface area (Å²) >= 11 is 0. The largest absolute Gasteiger partial charge is 0.444 e. The Morgan fingerprint density at radius 1 is 0.909 bits per heavy atom. The Kier molecular flexibility index (Phi) is 9.50. The molecule has 2 rings (SSSR count). The van der Waals surface area contributed by atoms with Gasteiger partial charge in [-0.2, -0.15) is 0 Å². The van der Waals surface area contributed by atoms with Gasteiger partial charge in [0, 0.05) is 6.54 Å². The third-order valence-electron chi connectivity index (χ3n) is 5.43. The molecule has 180 valence electrons. The van der Waals surface area contributed by atoms with Gasteiger partial charge in [-0.15, -0.1) is 0 Å². The summed E-state index contributed by atoms with van der Waals surface area (Å²) in [5.74, 6) is 0. The molecule has 1 N–H and O–H groups in total. The van der Waals surface area contributed by atoms with E-state index in [9.17, 15) is 4.79 Å². The summed E-state index contributed by atoms with van der Waals surface area (Å²) in [6.07, 6.45) is 5.37. The first-order valence-electron chi connectivity index (χ1n) is 11.9. The zero-order valence-corrected chi connectivity index (χ0v) is 22.4. The van der Waals surface area contributed by atoms with Crippen molar-refractivity contribution in [1.82, 2.24) is 5.32 Å². The van der Waals surface area contributed by atoms with E-state index in [1.54, 1.807) is 0 Å². The normalized spacial score (nSPS) is 13.7. The maximum absolute atomic E-state index is 12.4. The molecule has 0 radical (unpaired) electrons. The molecule has 33 heavy (non-hydrogen) atoms. The number of alkyl carbamates (subject to hydrolysis) is 1. The molecule has 0 aliphatic rings. The van der Waals surface area contributed by atoms with Crippen LogP contribution in [0.1, 0.15) is 61.3 Å². The van der Waals surface area contributed by atoms with Crippen molar-refractivity contribution in [2.45, 2.75) is 78.1 Å². The molecule has 0 aliphatic carbocycles. The van der Waals surface area contributed by atoms with E-state index in [1.165, 1.54) is 10.4 Å². The van der Waals surface area contributed by atoms with E-state index in [1.807, 2.05) is 32.9 Å². The van der Waals surface area contributed by atoms with E-state index in [2.05, 4.69) is 93.7 Å². The number of carbonyl (C=O) groups is 1. The minimum atomic E-state index is -2.72. The Labute approximate surface area is 201 Å². The topological polar surface area (TPSA) is 47.6 Å². The summed E-state index contributed by atoms with van der Waals surface area (Å²) in [5, 5.41) is 5.27. The summed E-state index contributed by atoms with van der Waals surface area (Å²) in [5.41, 5.74) is -0.541. The minimum Gasteiger partial charge on any atom is -0.444 e. The van der Waals surface area contributed by atoms with Crippen LogP contribution in [0.4, 0.5) is 4.79 Å². The van der Waals surface area contributed by atoms with Crippen LogP contribution in [0.3, 0.4) is 0 Å². The standard InChI is InChI=1S/C28H41NO3Si/c1-8-9-12-17-23(22-29-26(30)31-27(2,3)4)32-33(28(5,6)7,24-18-13-10-14-19-24)25-20-15-11-16-21-25/h9-16,18-21,23H,8,17,22H2,1-7H3,(H,29,30)/b12-9+/t23-/m1/s1. The van der Waals surface area contributed by atoms with Crippen LogP contribution >= 0.6 is 0 Å². The Hall–Kier alpha value is -2.37. The van der Waals surface area contributed by atoms with Crippen molar-refractivity contribution in [1.29, 1.82) is 0 Å². The smallest absolute Gasteiger partial charge is 0.407 e. The van der Waals surface area contributed by atoms with Crippen LogP contribution in [0.25, 0.3) is 0 Å². The molecule has 2 aromatic rings. The average Bonchev–Trinajstić information content (AvgIpc) is 2.74. The lowest BCUT2D eigenvalue weighted by Gasteiger charge is -2.45. The van der Waals surface area contributed by atoms with Gasteiger partial charge in [0.1, 0.15) is 5.60 Å². The zero-order chi connectivity index (χ0) is 24.5. The number of hydrogen-bond acceptors (Lipinski definition) is 3. The van der Waals surface area contributed by atoms with Gasteiger partial charge in [0.15, 0.2) is 0 Å². The third kappa shape index (κ3) is 7.58. The molecule has 0 fully saturated rings. The molecular formula is C28H41NO3Si. The lowest BCUT2D eigenvalue weighted by Crippen LogP contribution is -2.68. The molecule has 2 aromatic carbocycles. The van der Waals surface area contributed by atoms with Crippen LogP contribution in [0.5, 0.6) is 0 Å². The van der Waals surface area contributed by atoms with Crippen LogP contribution < -0.4 is 15.7 Å². The fourth-order valence-corrected chi connectivity index (χ4v) is 8.73. The second-order valence-corrected chi connectivity index (χ2v) is 14.7. The van der Waals surface area contributed by atoms with Gasteiger partial charge in [0.2, 0.25) is 0 Å². The van der Waals surface area contributed by atoms with E-state index in [4.69, 9.17) is 9.16 Å². The monoisotopic (exact) mass is 467 g/mol. The van der Waals surface area contributed by atoms with Crippen LogP contribution in [0.15, 0.2) is 72.8 Å². The Bertz CT molecular complexity index is 843. The zero-order valence-electron chi connectivity index (χ0n) is 21.4. The van der Waals surface area contributed by atoms with Gasteiger partial charge in [0.05, 0.1) is 6.10 Å². The van der Waals surface area contributed by atoms with E-state index in [0.717, 1.165) is 6.42 Å². The number of carbonyl (C=O) groups excluding carboxylic acids is 1. The highest BCUT2D eigenvalue weighted by atomic mass is 28.4. The fourth-order valence-electron chi connectivity index (χ4n) is 4.04. The summed E-state index contributed by atoms with van der Waals surface area (Å²) in [7, 11) is -2.72. The van der Waals surface area contributed by atoms with Gasteiger partial charge in [-0.1, -0.05) is 101 Å². The molecule has 1 atom stereocenters. The van der Waals surface area contributed by atoms with Crippen molar-refractivity contribution < 1.29 is 14.0 Å². The predicted octanol–water partition coefficient (Wildman–Crippen LogP) is 5.81. The number of rotatable bonds is 9. The van der Waals surface area contributed by atoms with Gasteiger partial charge in [0.25, 0.3) is 8.32 Å². The molecule has 5 heteroatoms. The van der Waals surface area contributed by atoms with Gasteiger partial charge in [-0.3, -0.25) is 0 Å². The summed E-state index contributed by atoms with van der Waals surface area (Å²) in [6, 6.07) is 21.2. The highest BCUT2D eigenvalue weighted by molar-refractivity contribution is 6.99. The summed E-state index contributed by atoms with van der Waals surface area (Å²) in [4.78, 5) is 12.4. The van der Waals surface area contributed by atoms with Crippen LogP contribution in [0.2, 0.25) is 5.04 Å². The SMILES string of the molecule is CC/C=C/C[C@H](CNC(=O)OC(C)(C)C)O[Si](c1ccccc1)(c1ccccc1)C(C)(C)C. The quantitative estimate of drug-likeness (QED) is 0.374. The Morgan fingerprint density at radius 3 is 1.85 bits per heavy atom. The second kappa shape index (κ2) is 11.7. The molecule has 0 spiro atoms. The molecule has 0 bridgehead atoms. The molecular weight excluding hydrogens is 426 g/mol. The third-order valence-corrected chi connectivity index (χ3v) is 10.5. The highest BCUT2D eigenvalue weighted by Gasteiger charge is 2.51. The molecule has 0 aromatic heterocycles. The summed E-state index contributed by atoms with van der Waals surface area (Å²) in [6.45, 7) is 14.9. The second-order valence-electron chi connectivity index (χ2n) is 10.4. The van der Waals surface area contributed by atoms with Crippen molar-refractivity contribution in [3.63, 3.8) is 0 Å². The number of amides is 1. The predicted molar refractivity (Wildman–Crippen MR) is 141 cm³/mol. The van der Waals surface area contributed by atoms with Crippen molar-refractivity contribution in [3.8, 4) is 0 Å². The number of allylic oxidation sites excluding steroid dienone is 1. The van der Waals surface area contributed by atoms with E-state index in [0.29, 0.717) is 13.0 Å². The van der Waals surface area contributed by atoms with Gasteiger partial charge in [-0.25, -0.2) is 4.79 Å². The molecule has 4 nitrogen and oxygen atoms in total. The Balaban J connectivity index is 2.48. The summed E-state index contributed by atoms with van der Waals surface area (Å²) < 4.78 is 12.7. The van der Waals surface area contributed by atoms with E-state index < -0.39 is 20.0 Å². The number of hydrogen-bond donors (Lipinski definition) is 1. The first-order valence-corrected chi connectivity index (χ1v) is 13.8. The number of benzene rings is 2.